The molecule has 0 N–H and O–H groups in total. The largest absolute Gasteiger partial charge is 0.470 e. The first-order valence-electron chi connectivity index (χ1n) is 10.6. The average Bonchev–Trinajstić information content (AvgIpc) is 3.49. The van der Waals surface area contributed by atoms with Gasteiger partial charge in [0.1, 0.15) is 6.10 Å². The second-order valence-corrected chi connectivity index (χ2v) is 8.47. The highest BCUT2D eigenvalue weighted by Crippen LogP contribution is 2.41. The van der Waals surface area contributed by atoms with Gasteiger partial charge in [-0.1, -0.05) is 12.1 Å². The molecule has 33 heavy (non-hydrogen) atoms. The Bertz CT molecular complexity index is 1110. The van der Waals surface area contributed by atoms with E-state index >= 15 is 0 Å². The number of fused-ring (bicyclic) bond motifs is 2. The number of hydrazine groups is 1. The highest BCUT2D eigenvalue weighted by Gasteiger charge is 2.49. The smallest absolute Gasteiger partial charge is 0.417 e. The van der Waals surface area contributed by atoms with Crippen LogP contribution in [0, 0.1) is 11.7 Å². The number of halogens is 4. The zero-order valence-electron chi connectivity index (χ0n) is 17.7. The molecule has 2 fully saturated rings. The number of likely N-dealkylation sites (tertiary alicyclic amines) is 1. The Morgan fingerprint density at radius 3 is 2.67 bits per heavy atom. The number of hydrazone groups is 1. The summed E-state index contributed by atoms with van der Waals surface area (Å²) >= 11 is 0. The highest BCUT2D eigenvalue weighted by molar-refractivity contribution is 6.00. The number of anilines is 1. The molecule has 2 bridgehead atoms. The fourth-order valence-corrected chi connectivity index (χ4v) is 4.76. The SMILES string of the molecule is CN1CC=NN1c1ccccc1C(=O)N1CC2CC(Oc3ncc(C(F)(F)F)cc3F)C1C2. The second-order valence-electron chi connectivity index (χ2n) is 8.47. The molecule has 2 aliphatic heterocycles. The summed E-state index contributed by atoms with van der Waals surface area (Å²) in [5, 5.41) is 7.85. The number of pyridine rings is 1. The zero-order valence-corrected chi connectivity index (χ0v) is 17.7. The van der Waals surface area contributed by atoms with Gasteiger partial charge in [0.15, 0.2) is 5.82 Å². The van der Waals surface area contributed by atoms with Gasteiger partial charge in [-0.15, -0.1) is 0 Å². The Morgan fingerprint density at radius 1 is 1.21 bits per heavy atom. The lowest BCUT2D eigenvalue weighted by atomic mass is 10.1. The molecule has 3 aliphatic rings. The molecule has 174 valence electrons. The lowest BCUT2D eigenvalue weighted by Crippen LogP contribution is -2.47. The van der Waals surface area contributed by atoms with Gasteiger partial charge in [-0.3, -0.25) is 4.79 Å². The van der Waals surface area contributed by atoms with Gasteiger partial charge in [-0.05, 0) is 37.0 Å². The zero-order chi connectivity index (χ0) is 23.3. The summed E-state index contributed by atoms with van der Waals surface area (Å²) in [4.78, 5) is 18.8. The number of amides is 1. The topological polar surface area (TPSA) is 61.3 Å². The standard InChI is InChI=1S/C22H21F4N5O2/c1-29-7-6-28-31(29)17-5-3-2-4-15(17)21(32)30-12-13-8-18(30)19(9-13)33-20-16(23)10-14(11-27-20)22(24,25)26/h2-6,10-11,13,18-19H,7-9,12H2,1H3. The number of hydrogen-bond acceptors (Lipinski definition) is 6. The summed E-state index contributed by atoms with van der Waals surface area (Å²) in [7, 11) is 1.86. The van der Waals surface area contributed by atoms with Crippen molar-refractivity contribution in [2.24, 2.45) is 11.0 Å². The van der Waals surface area contributed by atoms with E-state index in [1.54, 1.807) is 28.4 Å². The molecule has 7 nitrogen and oxygen atoms in total. The van der Waals surface area contributed by atoms with Crippen LogP contribution in [0.3, 0.4) is 0 Å². The van der Waals surface area contributed by atoms with E-state index in [1.807, 2.05) is 24.2 Å². The first-order chi connectivity index (χ1) is 15.7. The van der Waals surface area contributed by atoms with Gasteiger partial charge in [-0.2, -0.15) is 28.4 Å². The number of para-hydroxylation sites is 1. The van der Waals surface area contributed by atoms with Gasteiger partial charge in [0, 0.05) is 26.0 Å². The van der Waals surface area contributed by atoms with Crippen LogP contribution in [0.25, 0.3) is 0 Å². The molecule has 0 spiro atoms. The molecule has 1 amide bonds. The van der Waals surface area contributed by atoms with Crippen LogP contribution >= 0.6 is 0 Å². The van der Waals surface area contributed by atoms with Gasteiger partial charge in [0.25, 0.3) is 11.8 Å². The number of alkyl halides is 3. The number of carbonyl (C=O) groups is 1. The van der Waals surface area contributed by atoms with E-state index in [0.717, 1.165) is 0 Å². The summed E-state index contributed by atoms with van der Waals surface area (Å²) < 4.78 is 58.3. The molecular formula is C22H21F4N5O2. The van der Waals surface area contributed by atoms with E-state index in [-0.39, 0.29) is 17.9 Å². The van der Waals surface area contributed by atoms with Crippen molar-refractivity contribution in [2.75, 3.05) is 25.3 Å². The predicted molar refractivity (Wildman–Crippen MR) is 111 cm³/mol. The van der Waals surface area contributed by atoms with E-state index in [0.29, 0.717) is 49.4 Å². The molecule has 2 aromatic rings. The van der Waals surface area contributed by atoms with Gasteiger partial charge in [0.2, 0.25) is 0 Å². The third kappa shape index (κ3) is 3.90. The summed E-state index contributed by atoms with van der Waals surface area (Å²) in [5.41, 5.74) is -0.0498. The molecule has 1 aromatic heterocycles. The van der Waals surface area contributed by atoms with E-state index in [9.17, 15) is 22.4 Å². The Hall–Kier alpha value is -3.21. The number of piperidine rings is 1. The van der Waals surface area contributed by atoms with Crippen molar-refractivity contribution in [2.45, 2.75) is 31.2 Å². The average molecular weight is 463 g/mol. The van der Waals surface area contributed by atoms with Crippen molar-refractivity contribution in [3.8, 4) is 5.88 Å². The molecule has 1 aliphatic carbocycles. The molecule has 1 saturated carbocycles. The van der Waals surface area contributed by atoms with E-state index in [4.69, 9.17) is 4.74 Å². The van der Waals surface area contributed by atoms with Crippen LogP contribution in [-0.4, -0.2) is 59.3 Å². The highest BCUT2D eigenvalue weighted by atomic mass is 19.4. The Kier molecular flexibility index (Phi) is 5.23. The maximum absolute atomic E-state index is 14.3. The summed E-state index contributed by atoms with van der Waals surface area (Å²) in [5.74, 6) is -1.68. The monoisotopic (exact) mass is 463 g/mol. The number of ether oxygens (including phenoxy) is 1. The van der Waals surface area contributed by atoms with Crippen molar-refractivity contribution in [1.29, 1.82) is 0 Å². The van der Waals surface area contributed by atoms with Crippen LogP contribution in [0.15, 0.2) is 41.6 Å². The number of nitrogens with zero attached hydrogens (tertiary/aromatic N) is 5. The van der Waals surface area contributed by atoms with Crippen LogP contribution in [-0.2, 0) is 6.18 Å². The summed E-state index contributed by atoms with van der Waals surface area (Å²) in [6.07, 6.45) is -1.68. The Balaban J connectivity index is 1.36. The Morgan fingerprint density at radius 2 is 2.00 bits per heavy atom. The molecule has 1 saturated heterocycles. The van der Waals surface area contributed by atoms with Crippen LogP contribution in [0.2, 0.25) is 0 Å². The Labute approximate surface area is 187 Å². The normalized spacial score (nSPS) is 24.7. The van der Waals surface area contributed by atoms with Crippen LogP contribution < -0.4 is 9.85 Å². The fourth-order valence-electron chi connectivity index (χ4n) is 4.76. The summed E-state index contributed by atoms with van der Waals surface area (Å²) in [6.45, 7) is 1.16. The van der Waals surface area contributed by atoms with Crippen molar-refractivity contribution in [3.63, 3.8) is 0 Å². The first kappa shape index (κ1) is 21.6. The van der Waals surface area contributed by atoms with Gasteiger partial charge in [-0.25, -0.2) is 9.37 Å². The third-order valence-electron chi connectivity index (χ3n) is 6.29. The maximum atomic E-state index is 14.3. The van der Waals surface area contributed by atoms with E-state index in [1.165, 1.54) is 0 Å². The molecule has 1 aromatic carbocycles. The molecule has 3 unspecified atom stereocenters. The number of carbonyl (C=O) groups excluding carboxylic acids is 1. The summed E-state index contributed by atoms with van der Waals surface area (Å²) in [6, 6.07) is 7.21. The fraction of sp³-hybridized carbons (Fsp3) is 0.409. The molecular weight excluding hydrogens is 442 g/mol. The number of hydrogen-bond donors (Lipinski definition) is 0. The predicted octanol–water partition coefficient (Wildman–Crippen LogP) is 3.57. The van der Waals surface area contributed by atoms with Gasteiger partial charge in [0.05, 0.1) is 29.4 Å². The molecule has 3 heterocycles. The van der Waals surface area contributed by atoms with Crippen LogP contribution in [0.4, 0.5) is 23.2 Å². The van der Waals surface area contributed by atoms with Crippen LogP contribution in [0.1, 0.15) is 28.8 Å². The minimum atomic E-state index is -4.69. The number of aromatic nitrogens is 1. The number of rotatable bonds is 4. The quantitative estimate of drug-likeness (QED) is 0.649. The first-order valence-corrected chi connectivity index (χ1v) is 10.6. The van der Waals surface area contributed by atoms with Crippen LogP contribution in [0.5, 0.6) is 5.88 Å². The minimum Gasteiger partial charge on any atom is -0.470 e. The van der Waals surface area contributed by atoms with Crippen molar-refractivity contribution in [3.05, 3.63) is 53.5 Å². The van der Waals surface area contributed by atoms with Crippen molar-refractivity contribution in [1.82, 2.24) is 14.9 Å². The van der Waals surface area contributed by atoms with Gasteiger partial charge >= 0.3 is 6.18 Å². The second kappa shape index (κ2) is 7.98. The van der Waals surface area contributed by atoms with E-state index in [2.05, 4.69) is 10.1 Å². The van der Waals surface area contributed by atoms with Crippen molar-refractivity contribution >= 4 is 17.8 Å². The van der Waals surface area contributed by atoms with E-state index < -0.39 is 29.5 Å². The third-order valence-corrected chi connectivity index (χ3v) is 6.29. The molecule has 3 atom stereocenters. The maximum Gasteiger partial charge on any atom is 0.417 e. The lowest BCUT2D eigenvalue weighted by molar-refractivity contribution is -0.138. The lowest BCUT2D eigenvalue weighted by Gasteiger charge is -2.34. The minimum absolute atomic E-state index is 0.168. The molecule has 11 heteroatoms. The molecule has 5 rings (SSSR count). The van der Waals surface area contributed by atoms with Crippen molar-refractivity contribution < 1.29 is 27.1 Å². The number of benzene rings is 1. The van der Waals surface area contributed by atoms with Gasteiger partial charge < -0.3 is 9.64 Å². The molecule has 0 radical (unpaired) electrons.